The average molecular weight is 285 g/mol. The molecule has 3 nitrogen and oxygen atoms in total. The highest BCUT2D eigenvalue weighted by Gasteiger charge is 2.40. The summed E-state index contributed by atoms with van der Waals surface area (Å²) in [7, 11) is -1.77. The summed E-state index contributed by atoms with van der Waals surface area (Å²) in [4.78, 5) is 0.400. The lowest BCUT2D eigenvalue weighted by Crippen LogP contribution is -2.24. The number of hydrogen-bond acceptors (Lipinski definition) is 2. The molecule has 0 unspecified atom stereocenters. The Labute approximate surface area is 119 Å². The second kappa shape index (κ2) is 4.58. The fraction of sp³-hybridized carbons (Fsp3) is 0.125. The zero-order valence-electron chi connectivity index (χ0n) is 11.2. The topological polar surface area (TPSA) is 37.4 Å². The second-order valence-corrected chi connectivity index (χ2v) is 6.80. The Morgan fingerprint density at radius 2 is 1.90 bits per heavy atom. The lowest BCUT2D eigenvalue weighted by atomic mass is 9.97. The maximum Gasteiger partial charge on any atom is 0.244 e. The molecular formula is C16H15NO2S. The first kappa shape index (κ1) is 13.1. The van der Waals surface area contributed by atoms with Crippen LogP contribution in [0.3, 0.4) is 0 Å². The molecule has 0 fully saturated rings. The van der Waals surface area contributed by atoms with Crippen molar-refractivity contribution in [2.24, 2.45) is 0 Å². The third-order valence-corrected chi connectivity index (χ3v) is 5.59. The van der Waals surface area contributed by atoms with E-state index in [0.29, 0.717) is 4.90 Å². The standard InChI is InChI=1S/C16H15NO2S/c1-3-12-7-6-8-13(11-12)16-14-9-4-5-10-15(14)20(18,19)17(16)2/h3-11,16H,1H2,2H3/t16-/m0/s1. The van der Waals surface area contributed by atoms with E-state index in [1.807, 2.05) is 36.4 Å². The highest BCUT2D eigenvalue weighted by molar-refractivity contribution is 7.89. The van der Waals surface area contributed by atoms with E-state index in [1.54, 1.807) is 25.3 Å². The molecule has 0 bridgehead atoms. The van der Waals surface area contributed by atoms with E-state index in [0.717, 1.165) is 16.7 Å². The van der Waals surface area contributed by atoms with Gasteiger partial charge in [0.05, 0.1) is 10.9 Å². The van der Waals surface area contributed by atoms with Crippen molar-refractivity contribution in [2.45, 2.75) is 10.9 Å². The maximum atomic E-state index is 12.4. The number of nitrogens with zero attached hydrogens (tertiary/aromatic N) is 1. The van der Waals surface area contributed by atoms with Gasteiger partial charge in [0.1, 0.15) is 0 Å². The van der Waals surface area contributed by atoms with Crippen LogP contribution in [0.15, 0.2) is 60.0 Å². The average Bonchev–Trinajstić information content (AvgIpc) is 2.67. The molecule has 0 amide bonds. The van der Waals surface area contributed by atoms with Crippen molar-refractivity contribution in [1.29, 1.82) is 0 Å². The molecule has 0 saturated carbocycles. The smallest absolute Gasteiger partial charge is 0.207 e. The molecule has 4 heteroatoms. The van der Waals surface area contributed by atoms with Crippen molar-refractivity contribution in [3.63, 3.8) is 0 Å². The molecule has 0 saturated heterocycles. The second-order valence-electron chi connectivity index (χ2n) is 4.84. The van der Waals surface area contributed by atoms with E-state index in [2.05, 4.69) is 6.58 Å². The predicted molar refractivity (Wildman–Crippen MR) is 79.8 cm³/mol. The summed E-state index contributed by atoms with van der Waals surface area (Å²) < 4.78 is 26.3. The third kappa shape index (κ3) is 1.80. The van der Waals surface area contributed by atoms with Gasteiger partial charge in [0, 0.05) is 7.05 Å². The van der Waals surface area contributed by atoms with Crippen molar-refractivity contribution in [3.8, 4) is 0 Å². The van der Waals surface area contributed by atoms with E-state index in [4.69, 9.17) is 0 Å². The molecule has 20 heavy (non-hydrogen) atoms. The van der Waals surface area contributed by atoms with Crippen LogP contribution in [-0.2, 0) is 10.0 Å². The van der Waals surface area contributed by atoms with Crippen molar-refractivity contribution < 1.29 is 8.42 Å². The molecule has 1 heterocycles. The SMILES string of the molecule is C=Cc1cccc([C@H]2c3ccccc3S(=O)(=O)N2C)c1. The summed E-state index contributed by atoms with van der Waals surface area (Å²) in [6.07, 6.45) is 1.76. The molecule has 3 rings (SSSR count). The molecule has 0 N–H and O–H groups in total. The van der Waals surface area contributed by atoms with Crippen molar-refractivity contribution in [3.05, 3.63) is 71.8 Å². The number of benzene rings is 2. The summed E-state index contributed by atoms with van der Waals surface area (Å²) in [6, 6.07) is 14.7. The highest BCUT2D eigenvalue weighted by atomic mass is 32.2. The number of fused-ring (bicyclic) bond motifs is 1. The van der Waals surface area contributed by atoms with Crippen molar-refractivity contribution in [2.75, 3.05) is 7.05 Å². The van der Waals surface area contributed by atoms with Gasteiger partial charge in [-0.1, -0.05) is 49.1 Å². The van der Waals surface area contributed by atoms with Gasteiger partial charge >= 0.3 is 0 Å². The first-order valence-electron chi connectivity index (χ1n) is 6.35. The Hall–Kier alpha value is -1.91. The molecule has 1 aliphatic heterocycles. The van der Waals surface area contributed by atoms with E-state index in [9.17, 15) is 8.42 Å². The molecule has 102 valence electrons. The zero-order valence-corrected chi connectivity index (χ0v) is 12.0. The van der Waals surface area contributed by atoms with Crippen LogP contribution in [0, 0.1) is 0 Å². The van der Waals surface area contributed by atoms with Crippen LogP contribution in [0.1, 0.15) is 22.7 Å². The summed E-state index contributed by atoms with van der Waals surface area (Å²) in [5.41, 5.74) is 2.77. The molecule has 0 spiro atoms. The van der Waals surface area contributed by atoms with Crippen LogP contribution in [0.5, 0.6) is 0 Å². The van der Waals surface area contributed by atoms with Gasteiger partial charge in [-0.05, 0) is 28.8 Å². The molecule has 1 aliphatic rings. The summed E-state index contributed by atoms with van der Waals surface area (Å²) in [5, 5.41) is 0. The molecule has 0 aliphatic carbocycles. The van der Waals surface area contributed by atoms with Crippen molar-refractivity contribution >= 4 is 16.1 Å². The summed E-state index contributed by atoms with van der Waals surface area (Å²) in [6.45, 7) is 3.76. The van der Waals surface area contributed by atoms with Gasteiger partial charge in [0.25, 0.3) is 0 Å². The lowest BCUT2D eigenvalue weighted by molar-refractivity contribution is 0.440. The van der Waals surface area contributed by atoms with Crippen LogP contribution < -0.4 is 0 Å². The fourth-order valence-electron chi connectivity index (χ4n) is 2.68. The van der Waals surface area contributed by atoms with Gasteiger partial charge in [-0.15, -0.1) is 0 Å². The molecule has 0 aromatic heterocycles. The van der Waals surface area contributed by atoms with E-state index in [-0.39, 0.29) is 6.04 Å². The van der Waals surface area contributed by atoms with Gasteiger partial charge in [-0.3, -0.25) is 0 Å². The number of hydrogen-bond donors (Lipinski definition) is 0. The largest absolute Gasteiger partial charge is 0.244 e. The van der Waals surface area contributed by atoms with Gasteiger partial charge < -0.3 is 0 Å². The Morgan fingerprint density at radius 1 is 1.15 bits per heavy atom. The maximum absolute atomic E-state index is 12.4. The van der Waals surface area contributed by atoms with Gasteiger partial charge in [0.2, 0.25) is 10.0 Å². The summed E-state index contributed by atoms with van der Waals surface area (Å²) >= 11 is 0. The van der Waals surface area contributed by atoms with Crippen LogP contribution in [0.25, 0.3) is 6.08 Å². The minimum absolute atomic E-state index is 0.268. The monoisotopic (exact) mass is 285 g/mol. The van der Waals surface area contributed by atoms with Gasteiger partial charge in [0.15, 0.2) is 0 Å². The lowest BCUT2D eigenvalue weighted by Gasteiger charge is -2.19. The van der Waals surface area contributed by atoms with E-state index in [1.165, 1.54) is 4.31 Å². The fourth-order valence-corrected chi connectivity index (χ4v) is 4.23. The third-order valence-electron chi connectivity index (χ3n) is 3.70. The molecule has 2 aromatic carbocycles. The van der Waals surface area contributed by atoms with E-state index >= 15 is 0 Å². The Kier molecular flexibility index (Phi) is 3.00. The first-order chi connectivity index (χ1) is 9.55. The Morgan fingerprint density at radius 3 is 2.65 bits per heavy atom. The summed E-state index contributed by atoms with van der Waals surface area (Å²) in [5.74, 6) is 0. The molecule has 2 aromatic rings. The Balaban J connectivity index is 2.22. The minimum Gasteiger partial charge on any atom is -0.207 e. The van der Waals surface area contributed by atoms with Crippen LogP contribution >= 0.6 is 0 Å². The number of sulfonamides is 1. The first-order valence-corrected chi connectivity index (χ1v) is 7.79. The molecule has 0 radical (unpaired) electrons. The molecule has 1 atom stereocenters. The minimum atomic E-state index is -3.39. The number of rotatable bonds is 2. The van der Waals surface area contributed by atoms with Crippen LogP contribution in [0.2, 0.25) is 0 Å². The highest BCUT2D eigenvalue weighted by Crippen LogP contribution is 2.41. The van der Waals surface area contributed by atoms with E-state index < -0.39 is 10.0 Å². The van der Waals surface area contributed by atoms with Gasteiger partial charge in [-0.25, -0.2) is 8.42 Å². The Bertz CT molecular complexity index is 781. The quantitative estimate of drug-likeness (QED) is 0.850. The molecular weight excluding hydrogens is 270 g/mol. The predicted octanol–water partition coefficient (Wildman–Crippen LogP) is 3.05. The van der Waals surface area contributed by atoms with Crippen molar-refractivity contribution in [1.82, 2.24) is 4.31 Å². The van der Waals surface area contributed by atoms with Crippen LogP contribution in [0.4, 0.5) is 0 Å². The zero-order chi connectivity index (χ0) is 14.3. The normalized spacial score (nSPS) is 20.6. The van der Waals surface area contributed by atoms with Gasteiger partial charge in [-0.2, -0.15) is 4.31 Å². The van der Waals surface area contributed by atoms with Crippen LogP contribution in [-0.4, -0.2) is 19.8 Å².